The first-order valence-corrected chi connectivity index (χ1v) is 11.9. The summed E-state index contributed by atoms with van der Waals surface area (Å²) in [5.74, 6) is 0.907. The van der Waals surface area contributed by atoms with Gasteiger partial charge in [0.1, 0.15) is 11.5 Å². The first-order chi connectivity index (χ1) is 17.2. The fourth-order valence-corrected chi connectivity index (χ4v) is 3.64. The molecule has 0 saturated carbocycles. The Balaban J connectivity index is 0.00000213. The number of hydrogen-bond donors (Lipinski definition) is 1. The molecule has 0 aromatic heterocycles. The number of rotatable bonds is 11. The third kappa shape index (κ3) is 14.7. The summed E-state index contributed by atoms with van der Waals surface area (Å²) in [7, 11) is 0. The van der Waals surface area contributed by atoms with Crippen LogP contribution >= 0.6 is 0 Å². The molecule has 9 heteroatoms. The van der Waals surface area contributed by atoms with Crippen molar-refractivity contribution < 1.29 is 172 Å². The summed E-state index contributed by atoms with van der Waals surface area (Å²) in [5.41, 5.74) is 5.65. The third-order valence-electron chi connectivity index (χ3n) is 5.58. The van der Waals surface area contributed by atoms with Gasteiger partial charge in [-0.15, -0.1) is 0 Å². The molecule has 0 amide bonds. The largest absolute Gasteiger partial charge is 1.00 e. The van der Waals surface area contributed by atoms with E-state index in [0.29, 0.717) is 13.0 Å². The van der Waals surface area contributed by atoms with E-state index in [4.69, 9.17) is 29.6 Å². The quantitative estimate of drug-likeness (QED) is 0.242. The molecule has 1 N–H and O–H groups in total. The van der Waals surface area contributed by atoms with Crippen LogP contribution in [0.25, 0.3) is 11.1 Å². The van der Waals surface area contributed by atoms with Crippen molar-refractivity contribution >= 4 is 12.1 Å². The van der Waals surface area contributed by atoms with Crippen LogP contribution in [0.2, 0.25) is 0 Å². The summed E-state index contributed by atoms with van der Waals surface area (Å²) in [6.45, 7) is 6.75. The van der Waals surface area contributed by atoms with Crippen LogP contribution < -0.4 is 157 Å². The van der Waals surface area contributed by atoms with Gasteiger partial charge in [-0.3, -0.25) is 4.79 Å². The van der Waals surface area contributed by atoms with Gasteiger partial charge in [-0.05, 0) is 79.4 Å². The van der Waals surface area contributed by atoms with E-state index in [0.717, 1.165) is 46.6 Å². The van der Waals surface area contributed by atoms with Crippen LogP contribution in [0.15, 0.2) is 66.7 Å². The number of benzene rings is 3. The predicted octanol–water partition coefficient (Wildman–Crippen LogP) is -1.96. The fourth-order valence-electron chi connectivity index (χ4n) is 3.64. The molecular formula is C29H32Cs2O7. The van der Waals surface area contributed by atoms with E-state index in [2.05, 4.69) is 44.2 Å². The van der Waals surface area contributed by atoms with Gasteiger partial charge in [-0.25, -0.2) is 0 Å². The van der Waals surface area contributed by atoms with Crippen molar-refractivity contribution in [2.75, 3.05) is 6.61 Å². The van der Waals surface area contributed by atoms with Crippen molar-refractivity contribution in [2.24, 2.45) is 0 Å². The number of carbonyl (C=O) groups excluding carboxylic acids is 1. The van der Waals surface area contributed by atoms with E-state index in [9.17, 15) is 4.79 Å². The minimum Gasteiger partial charge on any atom is -0.652 e. The monoisotopic (exact) mass is 758 g/mol. The number of ether oxygens (including phenoxy) is 2. The summed E-state index contributed by atoms with van der Waals surface area (Å²) in [6, 6.07) is 22.6. The molecule has 0 aliphatic heterocycles. The molecule has 3 aromatic rings. The molecule has 1 atom stereocenters. The topological polar surface area (TPSA) is 119 Å². The Kier molecular flexibility index (Phi) is 21.0. The van der Waals surface area contributed by atoms with Crippen LogP contribution in [-0.2, 0) is 17.6 Å². The number of carboxylic acid groups (broad SMARTS) is 3. The molecular weight excluding hydrogens is 726 g/mol. The molecule has 0 saturated heterocycles. The van der Waals surface area contributed by atoms with Gasteiger partial charge in [0.2, 0.25) is 0 Å². The number of aliphatic carboxylic acids is 1. The van der Waals surface area contributed by atoms with E-state index < -0.39 is 12.1 Å². The van der Waals surface area contributed by atoms with Crippen LogP contribution in [0.3, 0.4) is 0 Å². The summed E-state index contributed by atoms with van der Waals surface area (Å²) in [5, 5.41) is 25.5. The molecule has 3 aromatic carbocycles. The smallest absolute Gasteiger partial charge is 0.652 e. The van der Waals surface area contributed by atoms with Gasteiger partial charge in [0.25, 0.3) is 0 Å². The van der Waals surface area contributed by atoms with Crippen molar-refractivity contribution in [2.45, 2.75) is 52.6 Å². The van der Waals surface area contributed by atoms with E-state index in [1.807, 2.05) is 43.3 Å². The van der Waals surface area contributed by atoms with Crippen LogP contribution in [0, 0.1) is 6.92 Å². The first kappa shape index (κ1) is 38.1. The zero-order chi connectivity index (χ0) is 26.5. The van der Waals surface area contributed by atoms with E-state index >= 15 is 0 Å². The standard InChI is InChI=1S/C28H32O4.CH2O3.2Cs/c1-4-22-10-14-27(26(19-22)24-8-6-5-7-9-24)32-21(3)16-17-31-25-13-11-23(20(2)18-25)12-15-28(29)30;2-1(3)4;;/h5-11,13-14,18-19,21H,4,12,15-17H2,1-3H3,(H,29,30);(H2,2,3,4);;/q;;2*+1/p-2. The van der Waals surface area contributed by atoms with Gasteiger partial charge < -0.3 is 29.6 Å². The summed E-state index contributed by atoms with van der Waals surface area (Å²) < 4.78 is 12.2. The zero-order valence-corrected chi connectivity index (χ0v) is 35.4. The maximum Gasteiger partial charge on any atom is 1.00 e. The molecule has 38 heavy (non-hydrogen) atoms. The van der Waals surface area contributed by atoms with Gasteiger partial charge >= 0.3 is 144 Å². The second kappa shape index (κ2) is 20.9. The Bertz CT molecular complexity index is 1130. The van der Waals surface area contributed by atoms with Crippen LogP contribution in [0.5, 0.6) is 11.5 Å². The fraction of sp³-hybridized carbons (Fsp3) is 0.310. The maximum absolute atomic E-state index is 10.8. The second-order valence-corrected chi connectivity index (χ2v) is 8.35. The van der Waals surface area contributed by atoms with Gasteiger partial charge in [-0.1, -0.05) is 49.4 Å². The van der Waals surface area contributed by atoms with Crippen molar-refractivity contribution in [3.05, 3.63) is 83.4 Å². The Morgan fingerprint density at radius 2 is 1.63 bits per heavy atom. The van der Waals surface area contributed by atoms with Crippen molar-refractivity contribution in [3.63, 3.8) is 0 Å². The Labute approximate surface area is 342 Å². The molecule has 1 unspecified atom stereocenters. The van der Waals surface area contributed by atoms with Gasteiger partial charge in [0.05, 0.1) is 12.7 Å². The summed E-state index contributed by atoms with van der Waals surface area (Å²) in [4.78, 5) is 19.1. The van der Waals surface area contributed by atoms with Gasteiger partial charge in [0.15, 0.2) is 0 Å². The normalized spacial score (nSPS) is 10.5. The van der Waals surface area contributed by atoms with Gasteiger partial charge in [0, 0.05) is 18.4 Å². The molecule has 192 valence electrons. The van der Waals surface area contributed by atoms with E-state index in [1.165, 1.54) is 5.56 Å². The molecule has 3 rings (SSSR count). The van der Waals surface area contributed by atoms with E-state index in [1.54, 1.807) is 0 Å². The summed E-state index contributed by atoms with van der Waals surface area (Å²) >= 11 is 0. The predicted molar refractivity (Wildman–Crippen MR) is 134 cm³/mol. The minimum atomic E-state index is -2.33. The molecule has 0 radical (unpaired) electrons. The molecule has 0 fully saturated rings. The number of hydrogen-bond acceptors (Lipinski definition) is 6. The molecule has 0 spiro atoms. The average Bonchev–Trinajstić information content (AvgIpc) is 2.84. The summed E-state index contributed by atoms with van der Waals surface area (Å²) in [6.07, 6.45) is 0.0788. The SMILES string of the molecule is CCc1ccc(OC(C)CCOc2ccc(CCC(=O)O)c(C)c2)c(-c2ccccc2)c1.O=C([O-])[O-].[Cs+].[Cs+]. The molecule has 0 heterocycles. The maximum atomic E-state index is 10.8. The van der Waals surface area contributed by atoms with Crippen LogP contribution in [0.4, 0.5) is 4.79 Å². The average molecular weight is 758 g/mol. The van der Waals surface area contributed by atoms with Crippen molar-refractivity contribution in [1.82, 2.24) is 0 Å². The zero-order valence-electron chi connectivity index (χ0n) is 22.9. The Hall–Kier alpha value is 0.104. The molecule has 0 bridgehead atoms. The van der Waals surface area contributed by atoms with Gasteiger partial charge in [-0.2, -0.15) is 0 Å². The third-order valence-corrected chi connectivity index (χ3v) is 5.58. The Morgan fingerprint density at radius 3 is 2.21 bits per heavy atom. The minimum absolute atomic E-state index is 0. The number of carboxylic acids is 1. The Morgan fingerprint density at radius 1 is 0.974 bits per heavy atom. The number of carbonyl (C=O) groups is 2. The first-order valence-electron chi connectivity index (χ1n) is 11.9. The van der Waals surface area contributed by atoms with Crippen LogP contribution in [-0.4, -0.2) is 29.9 Å². The molecule has 0 aliphatic carbocycles. The van der Waals surface area contributed by atoms with Crippen LogP contribution in [0.1, 0.15) is 43.4 Å². The second-order valence-electron chi connectivity index (χ2n) is 8.35. The van der Waals surface area contributed by atoms with Crippen molar-refractivity contribution in [1.29, 1.82) is 0 Å². The van der Waals surface area contributed by atoms with Crippen molar-refractivity contribution in [3.8, 4) is 22.6 Å². The molecule has 7 nitrogen and oxygen atoms in total. The van der Waals surface area contributed by atoms with E-state index in [-0.39, 0.29) is 150 Å². The molecule has 0 aliphatic rings. The number of aryl methyl sites for hydroxylation is 3.